The summed E-state index contributed by atoms with van der Waals surface area (Å²) in [6.07, 6.45) is 2.84. The number of benzene rings is 1. The van der Waals surface area contributed by atoms with Gasteiger partial charge in [0.25, 0.3) is 5.91 Å². The molecule has 6 nitrogen and oxygen atoms in total. The average molecular weight is 389 g/mol. The van der Waals surface area contributed by atoms with Crippen molar-refractivity contribution in [3.05, 3.63) is 29.8 Å². The van der Waals surface area contributed by atoms with E-state index in [2.05, 4.69) is 0 Å². The molecule has 3 amide bonds. The molecule has 2 fully saturated rings. The first-order chi connectivity index (χ1) is 12.9. The summed E-state index contributed by atoms with van der Waals surface area (Å²) in [6.45, 7) is 3.72. The van der Waals surface area contributed by atoms with Gasteiger partial charge in [0.15, 0.2) is 0 Å². The Labute approximate surface area is 163 Å². The summed E-state index contributed by atoms with van der Waals surface area (Å²) in [5, 5.41) is 2.04. The van der Waals surface area contributed by atoms with Crippen LogP contribution in [0.25, 0.3) is 0 Å². The summed E-state index contributed by atoms with van der Waals surface area (Å²) < 4.78 is 0. The lowest BCUT2D eigenvalue weighted by atomic mass is 9.76. The number of likely N-dealkylation sites (N-methyl/N-ethyl adjacent to an activating group) is 1. The second-order valence-corrected chi connectivity index (χ2v) is 8.99. The van der Waals surface area contributed by atoms with Crippen LogP contribution in [0.3, 0.4) is 0 Å². The molecule has 1 aromatic rings. The zero-order valence-electron chi connectivity index (χ0n) is 16.1. The van der Waals surface area contributed by atoms with E-state index in [9.17, 15) is 14.4 Å². The number of carbonyl (C=O) groups is 3. The Balaban J connectivity index is 1.88. The molecule has 1 spiro atoms. The van der Waals surface area contributed by atoms with E-state index >= 15 is 0 Å². The lowest BCUT2D eigenvalue weighted by Gasteiger charge is -2.28. The number of carbonyl (C=O) groups excluding carboxylic acids is 3. The predicted octanol–water partition coefficient (Wildman–Crippen LogP) is 0.567. The van der Waals surface area contributed by atoms with Crippen molar-refractivity contribution >= 4 is 35.2 Å². The summed E-state index contributed by atoms with van der Waals surface area (Å²) in [5.74, 6) is -0.555. The van der Waals surface area contributed by atoms with Crippen molar-refractivity contribution in [2.24, 2.45) is 11.8 Å². The molecule has 0 aromatic heterocycles. The highest BCUT2D eigenvalue weighted by atomic mass is 32.2. The van der Waals surface area contributed by atoms with Crippen molar-refractivity contribution in [1.82, 2.24) is 4.90 Å². The predicted molar refractivity (Wildman–Crippen MR) is 104 cm³/mol. The maximum absolute atomic E-state index is 13.5. The first-order valence-corrected chi connectivity index (χ1v) is 10.8. The molecule has 4 atom stereocenters. The molecule has 144 valence electrons. The number of nitrogens with two attached hydrogens (primary N) is 1. The summed E-state index contributed by atoms with van der Waals surface area (Å²) in [7, 11) is 1.76. The number of nitrogens with zero attached hydrogens (tertiary/aromatic N) is 2. The zero-order chi connectivity index (χ0) is 19.5. The number of para-hydroxylation sites is 1. The van der Waals surface area contributed by atoms with Gasteiger partial charge in [-0.2, -0.15) is 11.8 Å². The van der Waals surface area contributed by atoms with Crippen LogP contribution in [0.4, 0.5) is 5.69 Å². The van der Waals surface area contributed by atoms with Crippen molar-refractivity contribution in [1.29, 1.82) is 0 Å². The monoisotopic (exact) mass is 388 g/mol. The third kappa shape index (κ3) is 2.27. The molecule has 0 aliphatic carbocycles. The Kier molecular flexibility index (Phi) is 4.35. The number of quaternary nitrogens is 1. The molecule has 7 heteroatoms. The van der Waals surface area contributed by atoms with Crippen LogP contribution in [0.5, 0.6) is 0 Å². The van der Waals surface area contributed by atoms with Gasteiger partial charge in [-0.05, 0) is 31.9 Å². The van der Waals surface area contributed by atoms with Crippen LogP contribution < -0.4 is 10.2 Å². The Bertz CT molecular complexity index is 826. The van der Waals surface area contributed by atoms with E-state index in [0.717, 1.165) is 23.4 Å². The Morgan fingerprint density at radius 1 is 1.19 bits per heavy atom. The quantitative estimate of drug-likeness (QED) is 0.765. The van der Waals surface area contributed by atoms with E-state index in [-0.39, 0.29) is 29.8 Å². The van der Waals surface area contributed by atoms with Crippen LogP contribution in [0, 0.1) is 11.8 Å². The fourth-order valence-corrected chi connectivity index (χ4v) is 5.78. The highest BCUT2D eigenvalue weighted by Gasteiger charge is 2.74. The highest BCUT2D eigenvalue weighted by Crippen LogP contribution is 2.51. The number of anilines is 1. The van der Waals surface area contributed by atoms with Crippen LogP contribution in [0.1, 0.15) is 25.8 Å². The van der Waals surface area contributed by atoms with Crippen LogP contribution >= 0.6 is 11.8 Å². The van der Waals surface area contributed by atoms with Gasteiger partial charge in [-0.1, -0.05) is 18.2 Å². The molecule has 27 heavy (non-hydrogen) atoms. The van der Waals surface area contributed by atoms with Gasteiger partial charge in [0.2, 0.25) is 17.4 Å². The standard InChI is InChI=1S/C20H25N3O3S/c1-11(2)23-17(24)15-13(9-10-27-4)21-20(16(15)18(23)25)12-7-5-6-8-14(12)22(3)19(20)26/h5-8,11,13,15-16,21H,9-10H2,1-4H3/p+1/t13-,15+,16+,20-/m1/s1. The minimum atomic E-state index is -1.02. The fraction of sp³-hybridized carbons (Fsp3) is 0.550. The Morgan fingerprint density at radius 2 is 1.89 bits per heavy atom. The van der Waals surface area contributed by atoms with Crippen LogP contribution in [-0.4, -0.2) is 53.8 Å². The second kappa shape index (κ2) is 6.34. The minimum Gasteiger partial charge on any atom is -0.326 e. The molecule has 0 saturated carbocycles. The molecule has 2 saturated heterocycles. The average Bonchev–Trinajstić information content (AvgIpc) is 3.20. The highest BCUT2D eigenvalue weighted by molar-refractivity contribution is 7.98. The van der Waals surface area contributed by atoms with Gasteiger partial charge in [0.1, 0.15) is 17.9 Å². The van der Waals surface area contributed by atoms with Crippen molar-refractivity contribution in [3.63, 3.8) is 0 Å². The number of fused-ring (bicyclic) bond motifs is 4. The maximum atomic E-state index is 13.5. The molecule has 0 bridgehead atoms. The molecule has 0 unspecified atom stereocenters. The number of rotatable bonds is 4. The first kappa shape index (κ1) is 18.5. The number of thioether (sulfide) groups is 1. The molecule has 0 radical (unpaired) electrons. The van der Waals surface area contributed by atoms with Gasteiger partial charge >= 0.3 is 0 Å². The first-order valence-electron chi connectivity index (χ1n) is 9.45. The lowest BCUT2D eigenvalue weighted by Crippen LogP contribution is -2.99. The van der Waals surface area contributed by atoms with E-state index in [1.165, 1.54) is 4.90 Å². The molecule has 2 N–H and O–H groups in total. The molecular formula is C20H26N3O3S+. The smallest absolute Gasteiger partial charge is 0.293 e. The van der Waals surface area contributed by atoms with Crippen LogP contribution in [-0.2, 0) is 19.9 Å². The summed E-state index contributed by atoms with van der Waals surface area (Å²) in [6, 6.07) is 7.41. The Morgan fingerprint density at radius 3 is 2.56 bits per heavy atom. The normalized spacial score (nSPS) is 32.2. The summed E-state index contributed by atoms with van der Waals surface area (Å²) in [4.78, 5) is 43.1. The third-order valence-corrected chi connectivity index (χ3v) is 7.00. The molecular weight excluding hydrogens is 362 g/mol. The number of hydrogen-bond donors (Lipinski definition) is 1. The number of hydrogen-bond acceptors (Lipinski definition) is 4. The lowest BCUT2D eigenvalue weighted by molar-refractivity contribution is -0.733. The molecule has 1 aromatic carbocycles. The summed E-state index contributed by atoms with van der Waals surface area (Å²) >= 11 is 1.72. The molecule has 3 aliphatic heterocycles. The summed E-state index contributed by atoms with van der Waals surface area (Å²) in [5.41, 5.74) is 0.687. The van der Waals surface area contributed by atoms with E-state index in [1.807, 2.05) is 49.7 Å². The van der Waals surface area contributed by atoms with Crippen molar-refractivity contribution < 1.29 is 19.7 Å². The maximum Gasteiger partial charge on any atom is 0.293 e. The largest absolute Gasteiger partial charge is 0.326 e. The minimum absolute atomic E-state index is 0.0637. The van der Waals surface area contributed by atoms with Gasteiger partial charge in [0, 0.05) is 25.1 Å². The molecule has 3 aliphatic rings. The zero-order valence-corrected chi connectivity index (χ0v) is 17.0. The number of imide groups is 1. The number of likely N-dealkylation sites (tertiary alicyclic amines) is 1. The molecule has 4 rings (SSSR count). The van der Waals surface area contributed by atoms with Gasteiger partial charge in [0.05, 0.1) is 5.69 Å². The van der Waals surface area contributed by atoms with Crippen molar-refractivity contribution in [3.8, 4) is 0 Å². The van der Waals surface area contributed by atoms with Crippen LogP contribution in [0.15, 0.2) is 24.3 Å². The third-order valence-electron chi connectivity index (χ3n) is 6.36. The second-order valence-electron chi connectivity index (χ2n) is 8.01. The van der Waals surface area contributed by atoms with Gasteiger partial charge in [-0.3, -0.25) is 19.3 Å². The van der Waals surface area contributed by atoms with Crippen molar-refractivity contribution in [2.45, 2.75) is 37.9 Å². The van der Waals surface area contributed by atoms with E-state index in [0.29, 0.717) is 0 Å². The van der Waals surface area contributed by atoms with E-state index in [1.54, 1.807) is 23.7 Å². The van der Waals surface area contributed by atoms with Crippen molar-refractivity contribution in [2.75, 3.05) is 24.0 Å². The van der Waals surface area contributed by atoms with Gasteiger partial charge in [-0.15, -0.1) is 0 Å². The van der Waals surface area contributed by atoms with Gasteiger partial charge in [-0.25, -0.2) is 0 Å². The molecule has 3 heterocycles. The SMILES string of the molecule is CSCC[C@H]1[NH2+][C@@]2(C(=O)N(C)c3ccccc32)[C@@H]2C(=O)N(C(C)C)C(=O)[C@H]21. The topological polar surface area (TPSA) is 74.3 Å². The Hall–Kier alpha value is -1.86. The van der Waals surface area contributed by atoms with Crippen LogP contribution in [0.2, 0.25) is 0 Å². The van der Waals surface area contributed by atoms with Gasteiger partial charge < -0.3 is 10.2 Å². The van der Waals surface area contributed by atoms with E-state index in [4.69, 9.17) is 0 Å². The van der Waals surface area contributed by atoms with E-state index < -0.39 is 17.4 Å². The number of amides is 3. The fourth-order valence-electron chi connectivity index (χ4n) is 5.27.